The number of allylic oxidation sites excluding steroid dienone is 1. The molecular weight excluding hydrogens is 560 g/mol. The molecule has 0 radical (unpaired) electrons. The third kappa shape index (κ3) is 6.10. The number of hydrogen-bond donors (Lipinski definition) is 1. The Morgan fingerprint density at radius 2 is 1.76 bits per heavy atom. The molecular formula is C28H22BrClN2O5. The zero-order chi connectivity index (χ0) is 26.5. The number of benzene rings is 3. The maximum Gasteiger partial charge on any atom is 0.340 e. The van der Waals surface area contributed by atoms with E-state index in [4.69, 9.17) is 21.1 Å². The third-order valence-corrected chi connectivity index (χ3v) is 6.31. The second-order valence-electron chi connectivity index (χ2n) is 8.04. The second kappa shape index (κ2) is 11.5. The molecule has 0 bridgehead atoms. The zero-order valence-electron chi connectivity index (χ0n) is 20.0. The molecule has 9 heteroatoms. The number of hydrogen-bond acceptors (Lipinski definition) is 5. The van der Waals surface area contributed by atoms with Crippen molar-refractivity contribution in [1.29, 1.82) is 0 Å². The van der Waals surface area contributed by atoms with Crippen LogP contribution in [0.5, 0.6) is 5.75 Å². The van der Waals surface area contributed by atoms with Gasteiger partial charge < -0.3 is 14.8 Å². The van der Waals surface area contributed by atoms with Crippen LogP contribution in [0, 0.1) is 0 Å². The van der Waals surface area contributed by atoms with Crippen LogP contribution >= 0.6 is 27.5 Å². The SMILES string of the molecule is COC(=O)C1=C(C)N(c2ccc(Br)cc2)C(=O)/C1=C\c1ccc(OCC(=O)Nc2cccc(Cl)c2)cc1. The van der Waals surface area contributed by atoms with Gasteiger partial charge in [0.25, 0.3) is 11.8 Å². The lowest BCUT2D eigenvalue weighted by Gasteiger charge is -2.18. The second-order valence-corrected chi connectivity index (χ2v) is 9.40. The van der Waals surface area contributed by atoms with Gasteiger partial charge in [-0.15, -0.1) is 0 Å². The molecule has 1 N–H and O–H groups in total. The van der Waals surface area contributed by atoms with E-state index in [1.165, 1.54) is 12.0 Å². The lowest BCUT2D eigenvalue weighted by atomic mass is 10.0. The van der Waals surface area contributed by atoms with Gasteiger partial charge in [-0.25, -0.2) is 4.79 Å². The topological polar surface area (TPSA) is 84.9 Å². The Kier molecular flexibility index (Phi) is 8.11. The van der Waals surface area contributed by atoms with Crippen LogP contribution in [0.15, 0.2) is 94.1 Å². The molecule has 3 aromatic rings. The molecule has 0 unspecified atom stereocenters. The van der Waals surface area contributed by atoms with Crippen molar-refractivity contribution in [3.05, 3.63) is 105 Å². The highest BCUT2D eigenvalue weighted by molar-refractivity contribution is 9.10. The first-order valence-electron chi connectivity index (χ1n) is 11.2. The molecule has 4 rings (SSSR count). The first-order valence-corrected chi connectivity index (χ1v) is 12.3. The standard InChI is InChI=1S/C28H22BrClN2O5/c1-17-26(28(35)36-2)24(27(34)32(17)22-10-8-19(29)9-11-22)14-18-6-12-23(13-7-18)37-16-25(33)31-21-5-3-4-20(30)15-21/h3-15H,16H2,1-2H3,(H,31,33)/b24-14-. The Morgan fingerprint density at radius 3 is 2.41 bits per heavy atom. The summed E-state index contributed by atoms with van der Waals surface area (Å²) in [6.07, 6.45) is 1.63. The highest BCUT2D eigenvalue weighted by Gasteiger charge is 2.37. The molecule has 37 heavy (non-hydrogen) atoms. The smallest absolute Gasteiger partial charge is 0.340 e. The van der Waals surface area contributed by atoms with Gasteiger partial charge >= 0.3 is 5.97 Å². The number of nitrogens with one attached hydrogen (secondary N) is 1. The van der Waals surface area contributed by atoms with E-state index in [1.54, 1.807) is 73.7 Å². The zero-order valence-corrected chi connectivity index (χ0v) is 22.3. The molecule has 2 amide bonds. The normalized spacial score (nSPS) is 14.2. The van der Waals surface area contributed by atoms with Gasteiger partial charge in [0.2, 0.25) is 0 Å². The van der Waals surface area contributed by atoms with E-state index >= 15 is 0 Å². The Morgan fingerprint density at radius 1 is 1.05 bits per heavy atom. The molecule has 0 saturated carbocycles. The van der Waals surface area contributed by atoms with Crippen LogP contribution in [0.3, 0.4) is 0 Å². The maximum absolute atomic E-state index is 13.4. The lowest BCUT2D eigenvalue weighted by molar-refractivity contribution is -0.136. The van der Waals surface area contributed by atoms with Gasteiger partial charge in [-0.1, -0.05) is 45.7 Å². The van der Waals surface area contributed by atoms with Crippen LogP contribution in [-0.2, 0) is 19.1 Å². The summed E-state index contributed by atoms with van der Waals surface area (Å²) in [4.78, 5) is 39.6. The number of halogens is 2. The summed E-state index contributed by atoms with van der Waals surface area (Å²) in [6.45, 7) is 1.51. The number of carbonyl (C=O) groups is 3. The predicted molar refractivity (Wildman–Crippen MR) is 146 cm³/mol. The number of nitrogens with zero attached hydrogens (tertiary/aromatic N) is 1. The van der Waals surface area contributed by atoms with Crippen LogP contribution < -0.4 is 15.0 Å². The molecule has 1 aliphatic rings. The van der Waals surface area contributed by atoms with Gasteiger partial charge in [-0.05, 0) is 73.2 Å². The van der Waals surface area contributed by atoms with Crippen LogP contribution in [0.4, 0.5) is 11.4 Å². The molecule has 0 spiro atoms. The first-order chi connectivity index (χ1) is 17.8. The monoisotopic (exact) mass is 580 g/mol. The fourth-order valence-corrected chi connectivity index (χ4v) is 4.27. The quantitative estimate of drug-likeness (QED) is 0.273. The summed E-state index contributed by atoms with van der Waals surface area (Å²) in [5.74, 6) is -0.792. The average Bonchev–Trinajstić information content (AvgIpc) is 3.12. The highest BCUT2D eigenvalue weighted by Crippen LogP contribution is 2.36. The van der Waals surface area contributed by atoms with E-state index in [0.29, 0.717) is 33.4 Å². The number of amides is 2. The summed E-state index contributed by atoms with van der Waals surface area (Å²) >= 11 is 9.32. The summed E-state index contributed by atoms with van der Waals surface area (Å²) in [7, 11) is 1.28. The third-order valence-electron chi connectivity index (χ3n) is 5.54. The van der Waals surface area contributed by atoms with Crippen molar-refractivity contribution in [3.63, 3.8) is 0 Å². The van der Waals surface area contributed by atoms with Gasteiger partial charge in [0.05, 0.1) is 18.3 Å². The van der Waals surface area contributed by atoms with E-state index in [2.05, 4.69) is 21.2 Å². The van der Waals surface area contributed by atoms with Crippen molar-refractivity contribution in [2.24, 2.45) is 0 Å². The fraction of sp³-hybridized carbons (Fsp3) is 0.107. The lowest BCUT2D eigenvalue weighted by Crippen LogP contribution is -2.24. The summed E-state index contributed by atoms with van der Waals surface area (Å²) in [5.41, 5.74) is 2.79. The molecule has 1 aliphatic heterocycles. The Bertz CT molecular complexity index is 1420. The number of esters is 1. The summed E-state index contributed by atoms with van der Waals surface area (Å²) in [5, 5.41) is 3.23. The van der Waals surface area contributed by atoms with Gasteiger partial charge in [-0.2, -0.15) is 0 Å². The van der Waals surface area contributed by atoms with Gasteiger partial charge in [0.1, 0.15) is 5.75 Å². The maximum atomic E-state index is 13.4. The molecule has 0 saturated heterocycles. The first kappa shape index (κ1) is 26.2. The largest absolute Gasteiger partial charge is 0.484 e. The number of anilines is 2. The molecule has 188 valence electrons. The van der Waals surface area contributed by atoms with Crippen molar-refractivity contribution < 1.29 is 23.9 Å². The molecule has 0 aromatic heterocycles. The van der Waals surface area contributed by atoms with E-state index in [0.717, 1.165) is 4.47 Å². The van der Waals surface area contributed by atoms with Crippen molar-refractivity contribution in [1.82, 2.24) is 0 Å². The van der Waals surface area contributed by atoms with Crippen LogP contribution in [0.2, 0.25) is 5.02 Å². The predicted octanol–water partition coefficient (Wildman–Crippen LogP) is 6.00. The molecule has 0 fully saturated rings. The molecule has 0 aliphatic carbocycles. The average molecular weight is 582 g/mol. The summed E-state index contributed by atoms with van der Waals surface area (Å²) in [6, 6.07) is 20.9. The van der Waals surface area contributed by atoms with Crippen LogP contribution in [0.25, 0.3) is 6.08 Å². The molecule has 3 aromatic carbocycles. The Hall–Kier alpha value is -3.88. The fourth-order valence-electron chi connectivity index (χ4n) is 3.82. The van der Waals surface area contributed by atoms with Crippen LogP contribution in [0.1, 0.15) is 12.5 Å². The van der Waals surface area contributed by atoms with E-state index in [-0.39, 0.29) is 29.6 Å². The number of rotatable bonds is 7. The Balaban J connectivity index is 1.50. The van der Waals surface area contributed by atoms with Crippen molar-refractivity contribution in [3.8, 4) is 5.75 Å². The summed E-state index contributed by atoms with van der Waals surface area (Å²) < 4.78 is 11.4. The molecule has 7 nitrogen and oxygen atoms in total. The highest BCUT2D eigenvalue weighted by atomic mass is 79.9. The van der Waals surface area contributed by atoms with E-state index in [9.17, 15) is 14.4 Å². The van der Waals surface area contributed by atoms with E-state index < -0.39 is 5.97 Å². The van der Waals surface area contributed by atoms with Gasteiger partial charge in [0, 0.05) is 26.6 Å². The van der Waals surface area contributed by atoms with E-state index in [1.807, 2.05) is 12.1 Å². The van der Waals surface area contributed by atoms with Gasteiger partial charge in [-0.3, -0.25) is 14.5 Å². The Labute approximate surface area is 227 Å². The van der Waals surface area contributed by atoms with Crippen molar-refractivity contribution in [2.75, 3.05) is 23.9 Å². The number of carbonyl (C=O) groups excluding carboxylic acids is 3. The molecule has 1 heterocycles. The van der Waals surface area contributed by atoms with Crippen molar-refractivity contribution in [2.45, 2.75) is 6.92 Å². The number of methoxy groups -OCH3 is 1. The minimum absolute atomic E-state index is 0.192. The minimum atomic E-state index is -0.595. The van der Waals surface area contributed by atoms with Crippen molar-refractivity contribution >= 4 is 62.8 Å². The number of ether oxygens (including phenoxy) is 2. The van der Waals surface area contributed by atoms with Crippen LogP contribution in [-0.4, -0.2) is 31.5 Å². The van der Waals surface area contributed by atoms with Gasteiger partial charge in [0.15, 0.2) is 6.61 Å². The molecule has 0 atom stereocenters. The minimum Gasteiger partial charge on any atom is -0.484 e.